The van der Waals surface area contributed by atoms with Crippen molar-refractivity contribution in [3.63, 3.8) is 0 Å². The fraction of sp³-hybridized carbons (Fsp3) is 1.00. The third-order valence-electron chi connectivity index (χ3n) is 6.87. The van der Waals surface area contributed by atoms with E-state index in [2.05, 4.69) is 13.8 Å². The predicted octanol–water partition coefficient (Wildman–Crippen LogP) is 3.01. The van der Waals surface area contributed by atoms with E-state index in [-0.39, 0.29) is 18.5 Å². The van der Waals surface area contributed by atoms with Crippen LogP contribution in [0.15, 0.2) is 0 Å². The Kier molecular flexibility index (Phi) is 3.82. The standard InChI is InChI=1S/C18H30O5/c1-10-5-6-14-12(3)15(9-11(2)19)20-16-18(14)13(10)7-8-17(4,21-16)22-23-18/h10-16,19H,5-9H2,1-4H3/t10-,11-,12-,13+,14+,15-,16-,17-,18-/m1/s1. The molecule has 5 rings (SSSR count). The summed E-state index contributed by atoms with van der Waals surface area (Å²) in [7, 11) is 0. The zero-order valence-electron chi connectivity index (χ0n) is 14.7. The van der Waals surface area contributed by atoms with E-state index < -0.39 is 11.4 Å². The highest BCUT2D eigenvalue weighted by atomic mass is 17.3. The van der Waals surface area contributed by atoms with Crippen LogP contribution in [0.25, 0.3) is 0 Å². The van der Waals surface area contributed by atoms with E-state index in [1.807, 2.05) is 13.8 Å². The second-order valence-electron chi connectivity index (χ2n) is 8.53. The minimum Gasteiger partial charge on any atom is -0.393 e. The van der Waals surface area contributed by atoms with E-state index in [1.165, 1.54) is 6.42 Å². The van der Waals surface area contributed by atoms with Gasteiger partial charge in [-0.15, -0.1) is 0 Å². The Morgan fingerprint density at radius 2 is 1.91 bits per heavy atom. The van der Waals surface area contributed by atoms with Gasteiger partial charge in [0.25, 0.3) is 0 Å². The van der Waals surface area contributed by atoms with Crippen LogP contribution in [0.2, 0.25) is 0 Å². The topological polar surface area (TPSA) is 57.2 Å². The van der Waals surface area contributed by atoms with Crippen molar-refractivity contribution < 1.29 is 24.4 Å². The van der Waals surface area contributed by atoms with Gasteiger partial charge in [-0.3, -0.25) is 0 Å². The summed E-state index contributed by atoms with van der Waals surface area (Å²) >= 11 is 0. The lowest BCUT2D eigenvalue weighted by Gasteiger charge is -2.60. The lowest BCUT2D eigenvalue weighted by Crippen LogP contribution is -2.70. The van der Waals surface area contributed by atoms with Crippen molar-refractivity contribution in [2.45, 2.75) is 89.7 Å². The lowest BCUT2D eigenvalue weighted by atomic mass is 9.57. The summed E-state index contributed by atoms with van der Waals surface area (Å²) in [6.45, 7) is 8.33. The number of hydrogen-bond donors (Lipinski definition) is 1. The molecule has 0 unspecified atom stereocenters. The molecule has 0 aromatic carbocycles. The zero-order valence-corrected chi connectivity index (χ0v) is 14.7. The number of aliphatic hydroxyl groups is 1. The molecule has 0 amide bonds. The molecule has 0 aromatic rings. The molecule has 1 N–H and O–H groups in total. The van der Waals surface area contributed by atoms with Crippen molar-refractivity contribution in [2.75, 3.05) is 0 Å². The van der Waals surface area contributed by atoms with Gasteiger partial charge in [-0.25, -0.2) is 9.78 Å². The van der Waals surface area contributed by atoms with Gasteiger partial charge in [-0.2, -0.15) is 0 Å². The van der Waals surface area contributed by atoms with E-state index in [9.17, 15) is 5.11 Å². The molecule has 4 aliphatic heterocycles. The summed E-state index contributed by atoms with van der Waals surface area (Å²) in [4.78, 5) is 11.9. The molecule has 9 atom stereocenters. The van der Waals surface area contributed by atoms with Crippen LogP contribution < -0.4 is 0 Å². The number of aliphatic hydroxyl groups excluding tert-OH is 1. The van der Waals surface area contributed by atoms with Crippen LogP contribution in [0.3, 0.4) is 0 Å². The van der Waals surface area contributed by atoms with Gasteiger partial charge < -0.3 is 14.6 Å². The molecule has 5 fully saturated rings. The third kappa shape index (κ3) is 2.31. The van der Waals surface area contributed by atoms with Gasteiger partial charge in [0.1, 0.15) is 0 Å². The largest absolute Gasteiger partial charge is 0.393 e. The van der Waals surface area contributed by atoms with Crippen LogP contribution in [0.4, 0.5) is 0 Å². The normalized spacial score (nSPS) is 56.7. The first-order chi connectivity index (χ1) is 10.9. The fourth-order valence-corrected chi connectivity index (χ4v) is 5.58. The smallest absolute Gasteiger partial charge is 0.201 e. The molecule has 0 aromatic heterocycles. The van der Waals surface area contributed by atoms with Gasteiger partial charge >= 0.3 is 0 Å². The molecule has 23 heavy (non-hydrogen) atoms. The Hall–Kier alpha value is -0.200. The summed E-state index contributed by atoms with van der Waals surface area (Å²) in [6, 6.07) is 0. The highest BCUT2D eigenvalue weighted by Crippen LogP contribution is 2.60. The average Bonchev–Trinajstić information content (AvgIpc) is 2.70. The SMILES string of the molecule is C[C@H]1[C@@H](C[C@@H](C)O)O[C@@H]2O[C@@]3(C)CC[C@H]4[C@H](C)CC[C@@H]1[C@@]24OO3. The third-order valence-corrected chi connectivity index (χ3v) is 6.87. The van der Waals surface area contributed by atoms with E-state index in [4.69, 9.17) is 19.2 Å². The second-order valence-corrected chi connectivity index (χ2v) is 8.53. The first kappa shape index (κ1) is 16.3. The second kappa shape index (κ2) is 5.40. The predicted molar refractivity (Wildman–Crippen MR) is 83.1 cm³/mol. The first-order valence-corrected chi connectivity index (χ1v) is 9.24. The monoisotopic (exact) mass is 326 g/mol. The Labute approximate surface area is 138 Å². The van der Waals surface area contributed by atoms with Crippen molar-refractivity contribution in [1.29, 1.82) is 0 Å². The molecule has 1 saturated carbocycles. The first-order valence-electron chi connectivity index (χ1n) is 9.24. The average molecular weight is 326 g/mol. The van der Waals surface area contributed by atoms with Crippen LogP contribution in [0.5, 0.6) is 0 Å². The van der Waals surface area contributed by atoms with Crippen molar-refractivity contribution in [3.05, 3.63) is 0 Å². The summed E-state index contributed by atoms with van der Waals surface area (Å²) in [5.74, 6) is 0.961. The molecular formula is C18H30O5. The molecule has 132 valence electrons. The summed E-state index contributed by atoms with van der Waals surface area (Å²) in [5, 5.41) is 9.85. The molecule has 1 spiro atoms. The molecule has 4 heterocycles. The van der Waals surface area contributed by atoms with Crippen LogP contribution >= 0.6 is 0 Å². The molecule has 0 radical (unpaired) electrons. The van der Waals surface area contributed by atoms with Gasteiger partial charge in [0, 0.05) is 12.3 Å². The number of rotatable bonds is 2. The van der Waals surface area contributed by atoms with E-state index in [0.717, 1.165) is 19.3 Å². The number of fused-ring (bicyclic) bond motifs is 2. The number of ether oxygens (including phenoxy) is 2. The maximum Gasteiger partial charge on any atom is 0.201 e. The van der Waals surface area contributed by atoms with Crippen LogP contribution in [-0.4, -0.2) is 35.0 Å². The lowest BCUT2D eigenvalue weighted by molar-refractivity contribution is -0.571. The molecular weight excluding hydrogens is 296 g/mol. The van der Waals surface area contributed by atoms with E-state index in [1.54, 1.807) is 0 Å². The number of hydrogen-bond acceptors (Lipinski definition) is 5. The fourth-order valence-electron chi connectivity index (χ4n) is 5.58. The van der Waals surface area contributed by atoms with Gasteiger partial charge in [0.2, 0.25) is 5.79 Å². The minimum atomic E-state index is -0.715. The Bertz CT molecular complexity index is 468. The Morgan fingerprint density at radius 1 is 1.13 bits per heavy atom. The van der Waals surface area contributed by atoms with Crippen LogP contribution in [0, 0.1) is 23.7 Å². The van der Waals surface area contributed by atoms with Crippen LogP contribution in [-0.2, 0) is 19.2 Å². The van der Waals surface area contributed by atoms with E-state index in [0.29, 0.717) is 30.1 Å². The highest BCUT2D eigenvalue weighted by molar-refractivity contribution is 5.09. The summed E-state index contributed by atoms with van der Waals surface area (Å²) in [6.07, 6.45) is 4.12. The zero-order chi connectivity index (χ0) is 16.4. The Balaban J connectivity index is 1.73. The Morgan fingerprint density at radius 3 is 2.65 bits per heavy atom. The summed E-state index contributed by atoms with van der Waals surface area (Å²) in [5.41, 5.74) is -0.484. The summed E-state index contributed by atoms with van der Waals surface area (Å²) < 4.78 is 12.7. The van der Waals surface area contributed by atoms with Crippen LogP contribution in [0.1, 0.15) is 59.8 Å². The highest BCUT2D eigenvalue weighted by Gasteiger charge is 2.69. The molecule has 2 bridgehead atoms. The van der Waals surface area contributed by atoms with Crippen molar-refractivity contribution in [2.24, 2.45) is 23.7 Å². The quantitative estimate of drug-likeness (QED) is 0.791. The van der Waals surface area contributed by atoms with Gasteiger partial charge in [0.05, 0.1) is 12.2 Å². The molecule has 5 nitrogen and oxygen atoms in total. The molecule has 5 heteroatoms. The molecule has 5 aliphatic rings. The van der Waals surface area contributed by atoms with Gasteiger partial charge in [-0.05, 0) is 57.3 Å². The maximum atomic E-state index is 9.85. The van der Waals surface area contributed by atoms with Gasteiger partial charge in [-0.1, -0.05) is 13.8 Å². The minimum absolute atomic E-state index is 0.0104. The molecule has 1 aliphatic carbocycles. The van der Waals surface area contributed by atoms with Crippen molar-refractivity contribution in [3.8, 4) is 0 Å². The van der Waals surface area contributed by atoms with Gasteiger partial charge in [0.15, 0.2) is 11.9 Å². The van der Waals surface area contributed by atoms with Crippen molar-refractivity contribution >= 4 is 0 Å². The van der Waals surface area contributed by atoms with E-state index >= 15 is 0 Å². The molecule has 4 saturated heterocycles. The van der Waals surface area contributed by atoms with Crippen molar-refractivity contribution in [1.82, 2.24) is 0 Å². The maximum absolute atomic E-state index is 9.85.